The average Bonchev–Trinajstić information content (AvgIpc) is 1.36. The van der Waals surface area contributed by atoms with Crippen molar-refractivity contribution in [2.75, 3.05) is 0 Å². The van der Waals surface area contributed by atoms with E-state index in [2.05, 4.69) is 0 Å². The molecule has 24 valence electrons. The van der Waals surface area contributed by atoms with Crippen LogP contribution in [0.4, 0.5) is 0 Å². The van der Waals surface area contributed by atoms with Gasteiger partial charge in [0.05, 0.1) is 0 Å². The molecule has 0 aliphatic rings. The van der Waals surface area contributed by atoms with Gasteiger partial charge in [0.15, 0.2) is 0 Å². The fourth-order valence-electron chi connectivity index (χ4n) is 0. The molecule has 3 nitrogen and oxygen atoms in total. The Morgan fingerprint density at radius 3 is 1.83 bits per heavy atom. The normalized spacial score (nSPS) is 9.50. The molecule has 6 heavy (non-hydrogen) atoms. The van der Waals surface area contributed by atoms with Crippen LogP contribution in [0.15, 0.2) is 0 Å². The maximum absolute atomic E-state index is 9.53. The molecular weight excluding hydrogens is 90.9 g/mol. The van der Waals surface area contributed by atoms with E-state index in [-0.39, 0.29) is 4.69 Å². The van der Waals surface area contributed by atoms with Gasteiger partial charge in [0.25, 0.3) is 0 Å². The zero-order valence-corrected chi connectivity index (χ0v) is 4.61. The van der Waals surface area contributed by atoms with Gasteiger partial charge in [-0.1, -0.05) is 0 Å². The summed E-state index contributed by atoms with van der Waals surface area (Å²) in [5, 5.41) is 9.53. The SMILES string of the molecule is [Li][P]([Li])[N+](=O)[O-]. The van der Waals surface area contributed by atoms with Crippen LogP contribution >= 0.6 is 4.92 Å². The minimum atomic E-state index is -0.937. The quantitative estimate of drug-likeness (QED) is 0.194. The van der Waals surface area contributed by atoms with Gasteiger partial charge >= 0.3 is 54.2 Å². The molecule has 0 saturated heterocycles. The van der Waals surface area contributed by atoms with Gasteiger partial charge in [-0.2, -0.15) is 0 Å². The molecular formula is Li2NO2P. The van der Waals surface area contributed by atoms with Crippen molar-refractivity contribution in [1.29, 1.82) is 0 Å². The molecule has 0 bridgehead atoms. The molecule has 0 aromatic carbocycles. The standard InChI is InChI=1S/2Li.NO2P/c;;2-1(3)4. The van der Waals surface area contributed by atoms with Gasteiger partial charge in [0.2, 0.25) is 0 Å². The van der Waals surface area contributed by atoms with Crippen molar-refractivity contribution in [3.8, 4) is 0 Å². The Labute approximate surface area is 54.3 Å². The number of nitrogens with zero attached hydrogens (tertiary/aromatic N) is 1. The molecule has 0 rings (SSSR count). The third kappa shape index (κ3) is 3.22. The number of rotatable bonds is 1. The van der Waals surface area contributed by atoms with Crippen LogP contribution in [0.2, 0.25) is 0 Å². The predicted octanol–water partition coefficient (Wildman–Crippen LogP) is -0.173. The Kier molecular flexibility index (Phi) is 3.61. The second kappa shape index (κ2) is 3.08. The van der Waals surface area contributed by atoms with E-state index in [4.69, 9.17) is 0 Å². The Balaban J connectivity index is 3.26. The van der Waals surface area contributed by atoms with Crippen LogP contribution in [0.25, 0.3) is 0 Å². The van der Waals surface area contributed by atoms with Crippen LogP contribution in [0.1, 0.15) is 0 Å². The van der Waals surface area contributed by atoms with E-state index in [1.54, 1.807) is 34.5 Å². The molecule has 0 amide bonds. The van der Waals surface area contributed by atoms with E-state index >= 15 is 0 Å². The summed E-state index contributed by atoms with van der Waals surface area (Å²) >= 11 is 3.21. The minimum absolute atomic E-state index is 0.269. The molecule has 0 atom stereocenters. The van der Waals surface area contributed by atoms with Gasteiger partial charge in [-0.05, 0) is 0 Å². The van der Waals surface area contributed by atoms with Gasteiger partial charge in [0, 0.05) is 0 Å². The van der Waals surface area contributed by atoms with Crippen molar-refractivity contribution in [3.05, 3.63) is 10.1 Å². The monoisotopic (exact) mass is 91.0 g/mol. The van der Waals surface area contributed by atoms with E-state index in [1.807, 2.05) is 0 Å². The number of hydrogen-bond acceptors (Lipinski definition) is 2. The summed E-state index contributed by atoms with van der Waals surface area (Å²) in [6, 6.07) is 0. The van der Waals surface area contributed by atoms with Crippen LogP contribution < -0.4 is 0 Å². The second-order valence-electron chi connectivity index (χ2n) is 1.09. The third-order valence-corrected chi connectivity index (χ3v) is 0.980. The zero-order valence-electron chi connectivity index (χ0n) is 3.71. The average molecular weight is 90.9 g/mol. The van der Waals surface area contributed by atoms with Crippen molar-refractivity contribution < 1.29 is 4.69 Å². The Hall–Kier alpha value is 1.02. The fraction of sp³-hybridized carbons (Fsp3) is 0. The van der Waals surface area contributed by atoms with Crippen LogP contribution in [-0.4, -0.2) is 39.2 Å². The summed E-state index contributed by atoms with van der Waals surface area (Å²) in [5.74, 6) is 0. The third-order valence-electron chi connectivity index (χ3n) is 0.327. The number of nitro groups is 1. The predicted molar refractivity (Wildman–Crippen MR) is 25.4 cm³/mol. The molecule has 0 aliphatic heterocycles. The molecule has 6 heteroatoms. The van der Waals surface area contributed by atoms with Crippen LogP contribution in [0, 0.1) is 10.1 Å². The molecule has 0 saturated carbocycles. The maximum atomic E-state index is 9.53. The molecule has 0 radical (unpaired) electrons. The van der Waals surface area contributed by atoms with Crippen molar-refractivity contribution in [2.45, 2.75) is 0 Å². The van der Waals surface area contributed by atoms with Gasteiger partial charge in [0.1, 0.15) is 0 Å². The topological polar surface area (TPSA) is 43.1 Å². The van der Waals surface area contributed by atoms with E-state index in [9.17, 15) is 10.1 Å². The molecule has 0 unspecified atom stereocenters. The summed E-state index contributed by atoms with van der Waals surface area (Å²) in [5.41, 5.74) is 0. The van der Waals surface area contributed by atoms with Crippen molar-refractivity contribution in [2.24, 2.45) is 0 Å². The van der Waals surface area contributed by atoms with Crippen molar-refractivity contribution in [3.63, 3.8) is 0 Å². The Morgan fingerprint density at radius 1 is 1.67 bits per heavy atom. The van der Waals surface area contributed by atoms with E-state index in [0.29, 0.717) is 0 Å². The Bertz CT molecular complexity index is 62.6. The van der Waals surface area contributed by atoms with Gasteiger partial charge < -0.3 is 0 Å². The summed E-state index contributed by atoms with van der Waals surface area (Å²) in [4.78, 5) is 8.60. The van der Waals surface area contributed by atoms with E-state index in [0.717, 1.165) is 0 Å². The first-order valence-electron chi connectivity index (χ1n) is 1.46. The molecule has 0 aliphatic carbocycles. The second-order valence-corrected chi connectivity index (χ2v) is 3.11. The zero-order chi connectivity index (χ0) is 5.15. The molecule has 0 spiro atoms. The van der Waals surface area contributed by atoms with Crippen LogP contribution in [0.5, 0.6) is 0 Å². The molecule has 0 N–H and O–H groups in total. The first kappa shape index (κ1) is 7.02. The molecule has 0 heterocycles. The Morgan fingerprint density at radius 2 is 1.83 bits per heavy atom. The first-order chi connectivity index (χ1) is 2.64. The molecule has 0 aromatic rings. The van der Waals surface area contributed by atoms with Crippen LogP contribution in [0.3, 0.4) is 0 Å². The summed E-state index contributed by atoms with van der Waals surface area (Å²) in [6.45, 7) is 0. The van der Waals surface area contributed by atoms with E-state index < -0.39 is 4.92 Å². The van der Waals surface area contributed by atoms with Crippen molar-refractivity contribution in [1.82, 2.24) is 0 Å². The van der Waals surface area contributed by atoms with Crippen molar-refractivity contribution >= 4 is 39.4 Å². The summed E-state index contributed by atoms with van der Waals surface area (Å²) < 4.78 is -0.269. The summed E-state index contributed by atoms with van der Waals surface area (Å²) in [6.07, 6.45) is 0. The fourth-order valence-corrected chi connectivity index (χ4v) is 0. The van der Waals surface area contributed by atoms with Gasteiger partial charge in [-0.25, -0.2) is 0 Å². The van der Waals surface area contributed by atoms with Crippen LogP contribution in [-0.2, 0) is 0 Å². The molecule has 0 aromatic heterocycles. The summed E-state index contributed by atoms with van der Waals surface area (Å²) in [7, 11) is 0. The molecule has 0 fully saturated rings. The number of hydrogen-bond donors (Lipinski definition) is 0. The van der Waals surface area contributed by atoms with Gasteiger partial charge in [-0.3, -0.25) is 0 Å². The van der Waals surface area contributed by atoms with Gasteiger partial charge in [-0.15, -0.1) is 0 Å². The van der Waals surface area contributed by atoms with E-state index in [1.165, 1.54) is 0 Å². The first-order valence-corrected chi connectivity index (χ1v) is 3.65.